The summed E-state index contributed by atoms with van der Waals surface area (Å²) < 4.78 is 15.4. The van der Waals surface area contributed by atoms with Gasteiger partial charge < -0.3 is 24.8 Å². The van der Waals surface area contributed by atoms with Gasteiger partial charge in [-0.05, 0) is 33.8 Å². The Kier molecular flexibility index (Phi) is 7.44. The SMILES string of the molecule is COCCOc1ccc(NC(=O)N[C@H](C)C(=O)OC(C)(C)C)cn1. The molecule has 1 atom stereocenters. The maximum atomic E-state index is 11.9. The molecule has 134 valence electrons. The molecular weight excluding hydrogens is 314 g/mol. The lowest BCUT2D eigenvalue weighted by Crippen LogP contribution is -2.43. The van der Waals surface area contributed by atoms with E-state index in [-0.39, 0.29) is 0 Å². The zero-order valence-electron chi connectivity index (χ0n) is 14.7. The molecule has 0 saturated carbocycles. The monoisotopic (exact) mass is 339 g/mol. The zero-order chi connectivity index (χ0) is 18.2. The summed E-state index contributed by atoms with van der Waals surface area (Å²) in [5.41, 5.74) is -0.130. The number of methoxy groups -OCH3 is 1. The highest BCUT2D eigenvalue weighted by molar-refractivity contribution is 5.92. The van der Waals surface area contributed by atoms with Crippen molar-refractivity contribution in [3.8, 4) is 5.88 Å². The number of ether oxygens (including phenoxy) is 3. The van der Waals surface area contributed by atoms with Crippen LogP contribution >= 0.6 is 0 Å². The van der Waals surface area contributed by atoms with E-state index in [9.17, 15) is 9.59 Å². The number of aromatic nitrogens is 1. The Hall–Kier alpha value is -2.35. The van der Waals surface area contributed by atoms with Gasteiger partial charge in [-0.15, -0.1) is 0 Å². The number of esters is 1. The van der Waals surface area contributed by atoms with Crippen molar-refractivity contribution >= 4 is 17.7 Å². The van der Waals surface area contributed by atoms with Crippen molar-refractivity contribution in [2.45, 2.75) is 39.3 Å². The van der Waals surface area contributed by atoms with Crippen molar-refractivity contribution < 1.29 is 23.8 Å². The van der Waals surface area contributed by atoms with Crippen LogP contribution < -0.4 is 15.4 Å². The molecule has 0 saturated heterocycles. The Bertz CT molecular complexity index is 540. The van der Waals surface area contributed by atoms with E-state index in [1.807, 2.05) is 0 Å². The Morgan fingerprint density at radius 1 is 1.25 bits per heavy atom. The normalized spacial score (nSPS) is 12.2. The maximum absolute atomic E-state index is 11.9. The molecule has 24 heavy (non-hydrogen) atoms. The molecule has 2 N–H and O–H groups in total. The van der Waals surface area contributed by atoms with Crippen LogP contribution in [0.25, 0.3) is 0 Å². The lowest BCUT2D eigenvalue weighted by molar-refractivity contribution is -0.156. The molecule has 0 spiro atoms. The molecule has 8 heteroatoms. The first kappa shape index (κ1) is 19.7. The van der Waals surface area contributed by atoms with Gasteiger partial charge in [-0.2, -0.15) is 0 Å². The summed E-state index contributed by atoms with van der Waals surface area (Å²) >= 11 is 0. The van der Waals surface area contributed by atoms with Crippen molar-refractivity contribution in [1.82, 2.24) is 10.3 Å². The highest BCUT2D eigenvalue weighted by atomic mass is 16.6. The number of nitrogens with zero attached hydrogens (tertiary/aromatic N) is 1. The summed E-state index contributed by atoms with van der Waals surface area (Å²) in [4.78, 5) is 27.8. The molecule has 0 unspecified atom stereocenters. The maximum Gasteiger partial charge on any atom is 0.328 e. The van der Waals surface area contributed by atoms with Crippen LogP contribution in [0.5, 0.6) is 5.88 Å². The average molecular weight is 339 g/mol. The van der Waals surface area contributed by atoms with Crippen molar-refractivity contribution in [1.29, 1.82) is 0 Å². The number of carbonyl (C=O) groups is 2. The van der Waals surface area contributed by atoms with E-state index in [2.05, 4.69) is 15.6 Å². The minimum Gasteiger partial charge on any atom is -0.475 e. The highest BCUT2D eigenvalue weighted by Gasteiger charge is 2.22. The van der Waals surface area contributed by atoms with Gasteiger partial charge in [-0.25, -0.2) is 14.6 Å². The van der Waals surface area contributed by atoms with Crippen molar-refractivity contribution in [2.24, 2.45) is 0 Å². The number of hydrogen-bond acceptors (Lipinski definition) is 6. The number of hydrogen-bond donors (Lipinski definition) is 2. The number of nitrogens with one attached hydrogen (secondary N) is 2. The second kappa shape index (κ2) is 9.07. The molecule has 0 aliphatic heterocycles. The van der Waals surface area contributed by atoms with Gasteiger partial charge in [0.1, 0.15) is 18.2 Å². The quantitative estimate of drug-likeness (QED) is 0.582. The molecule has 2 amide bonds. The molecule has 1 heterocycles. The summed E-state index contributed by atoms with van der Waals surface area (Å²) in [6, 6.07) is 1.98. The van der Waals surface area contributed by atoms with E-state index >= 15 is 0 Å². The number of urea groups is 1. The first-order chi connectivity index (χ1) is 11.2. The fourth-order valence-electron chi connectivity index (χ4n) is 1.58. The van der Waals surface area contributed by atoms with Crippen LogP contribution in [0, 0.1) is 0 Å². The smallest absolute Gasteiger partial charge is 0.328 e. The van der Waals surface area contributed by atoms with E-state index in [1.54, 1.807) is 46.9 Å². The van der Waals surface area contributed by atoms with Gasteiger partial charge in [0.25, 0.3) is 0 Å². The summed E-state index contributed by atoms with van der Waals surface area (Å²) in [7, 11) is 1.58. The Morgan fingerprint density at radius 2 is 1.96 bits per heavy atom. The average Bonchev–Trinajstić information content (AvgIpc) is 2.47. The summed E-state index contributed by atoms with van der Waals surface area (Å²) in [5.74, 6) is -0.0715. The fraction of sp³-hybridized carbons (Fsp3) is 0.562. The first-order valence-electron chi connectivity index (χ1n) is 7.59. The van der Waals surface area contributed by atoms with E-state index in [0.29, 0.717) is 24.8 Å². The zero-order valence-corrected chi connectivity index (χ0v) is 14.7. The Balaban J connectivity index is 2.45. The topological polar surface area (TPSA) is 98.8 Å². The lowest BCUT2D eigenvalue weighted by atomic mass is 10.2. The van der Waals surface area contributed by atoms with Crippen molar-refractivity contribution in [3.05, 3.63) is 18.3 Å². The summed E-state index contributed by atoms with van der Waals surface area (Å²) in [5, 5.41) is 5.09. The Labute approximate surface area is 141 Å². The molecular formula is C16H25N3O5. The molecule has 0 aliphatic carbocycles. The second-order valence-electron chi connectivity index (χ2n) is 6.08. The molecule has 0 bridgehead atoms. The molecule has 0 aliphatic rings. The van der Waals surface area contributed by atoms with Gasteiger partial charge in [0, 0.05) is 13.2 Å². The molecule has 1 aromatic rings. The first-order valence-corrected chi connectivity index (χ1v) is 7.59. The minimum absolute atomic E-state index is 0.393. The predicted molar refractivity (Wildman–Crippen MR) is 89.1 cm³/mol. The van der Waals surface area contributed by atoms with Crippen LogP contribution in [0.15, 0.2) is 18.3 Å². The number of amides is 2. The fourth-order valence-corrected chi connectivity index (χ4v) is 1.58. The predicted octanol–water partition coefficient (Wildman–Crippen LogP) is 1.96. The molecule has 0 aromatic carbocycles. The molecule has 1 aromatic heterocycles. The molecule has 0 radical (unpaired) electrons. The summed E-state index contributed by atoms with van der Waals surface area (Å²) in [6.45, 7) is 7.70. The van der Waals surface area contributed by atoms with Gasteiger partial charge in [0.05, 0.1) is 18.5 Å². The third kappa shape index (κ3) is 7.77. The van der Waals surface area contributed by atoms with Gasteiger partial charge >= 0.3 is 12.0 Å². The molecule has 1 rings (SSSR count). The van der Waals surface area contributed by atoms with Crippen LogP contribution in [-0.4, -0.2) is 49.0 Å². The van der Waals surface area contributed by atoms with Gasteiger partial charge in [0.2, 0.25) is 5.88 Å². The largest absolute Gasteiger partial charge is 0.475 e. The standard InChI is InChI=1S/C16H25N3O5/c1-11(14(20)24-16(2,3)4)18-15(21)19-12-6-7-13(17-10-12)23-9-8-22-5/h6-7,10-11H,8-9H2,1-5H3,(H2,18,19,21)/t11-/m1/s1. The number of rotatable bonds is 7. The number of carbonyl (C=O) groups excluding carboxylic acids is 2. The van der Waals surface area contributed by atoms with Gasteiger partial charge in [0.15, 0.2) is 0 Å². The third-order valence-electron chi connectivity index (χ3n) is 2.64. The van der Waals surface area contributed by atoms with E-state index < -0.39 is 23.6 Å². The van der Waals surface area contributed by atoms with Crippen LogP contribution in [0.3, 0.4) is 0 Å². The molecule has 8 nitrogen and oxygen atoms in total. The Morgan fingerprint density at radius 3 is 2.50 bits per heavy atom. The van der Waals surface area contributed by atoms with Crippen LogP contribution in [0.1, 0.15) is 27.7 Å². The van der Waals surface area contributed by atoms with Crippen LogP contribution in [-0.2, 0) is 14.3 Å². The minimum atomic E-state index is -0.770. The van der Waals surface area contributed by atoms with Gasteiger partial charge in [-0.3, -0.25) is 0 Å². The number of anilines is 1. The lowest BCUT2D eigenvalue weighted by Gasteiger charge is -2.22. The van der Waals surface area contributed by atoms with Gasteiger partial charge in [-0.1, -0.05) is 0 Å². The molecule has 0 fully saturated rings. The summed E-state index contributed by atoms with van der Waals surface area (Å²) in [6.07, 6.45) is 1.46. The number of pyridine rings is 1. The van der Waals surface area contributed by atoms with E-state index in [0.717, 1.165) is 0 Å². The van der Waals surface area contributed by atoms with E-state index in [4.69, 9.17) is 14.2 Å². The van der Waals surface area contributed by atoms with Crippen molar-refractivity contribution in [2.75, 3.05) is 25.6 Å². The van der Waals surface area contributed by atoms with E-state index in [1.165, 1.54) is 6.20 Å². The third-order valence-corrected chi connectivity index (χ3v) is 2.64. The highest BCUT2D eigenvalue weighted by Crippen LogP contribution is 2.12. The van der Waals surface area contributed by atoms with Crippen molar-refractivity contribution in [3.63, 3.8) is 0 Å². The van der Waals surface area contributed by atoms with Crippen LogP contribution in [0.4, 0.5) is 10.5 Å². The van der Waals surface area contributed by atoms with Crippen LogP contribution in [0.2, 0.25) is 0 Å². The second-order valence-corrected chi connectivity index (χ2v) is 6.08.